The molecule has 0 atom stereocenters. The van der Waals surface area contributed by atoms with E-state index in [4.69, 9.17) is 0 Å². The van der Waals surface area contributed by atoms with Crippen LogP contribution in [0.4, 0.5) is 22.7 Å². The summed E-state index contributed by atoms with van der Waals surface area (Å²) in [5, 5.41) is 6.14. The fraction of sp³-hybridized carbons (Fsp3) is 0.143. The Morgan fingerprint density at radius 2 is 1.65 bits per heavy atom. The second kappa shape index (κ2) is 7.70. The maximum Gasteiger partial charge on any atom is 0.274 e. The van der Waals surface area contributed by atoms with Crippen LogP contribution in [0.3, 0.4) is 0 Å². The van der Waals surface area contributed by atoms with Crippen LogP contribution in [0.2, 0.25) is 0 Å². The van der Waals surface area contributed by atoms with Gasteiger partial charge in [0.1, 0.15) is 5.69 Å². The third-order valence-electron chi connectivity index (χ3n) is 3.94. The van der Waals surface area contributed by atoms with Crippen LogP contribution in [0.1, 0.15) is 16.1 Å². The zero-order valence-corrected chi connectivity index (χ0v) is 15.2. The Morgan fingerprint density at radius 1 is 0.923 bits per heavy atom. The largest absolute Gasteiger partial charge is 0.378 e. The van der Waals surface area contributed by atoms with Gasteiger partial charge in [-0.15, -0.1) is 0 Å². The minimum Gasteiger partial charge on any atom is -0.378 e. The van der Waals surface area contributed by atoms with Gasteiger partial charge in [-0.25, -0.2) is 4.98 Å². The Bertz CT molecular complexity index is 887. The summed E-state index contributed by atoms with van der Waals surface area (Å²) in [6, 6.07) is 19.3. The zero-order valence-electron chi connectivity index (χ0n) is 15.2. The van der Waals surface area contributed by atoms with Crippen molar-refractivity contribution in [3.05, 3.63) is 78.1 Å². The number of carbonyl (C=O) groups excluding carboxylic acids is 1. The smallest absolute Gasteiger partial charge is 0.274 e. The lowest BCUT2D eigenvalue weighted by Gasteiger charge is -2.13. The molecular formula is C21H22N4O. The van der Waals surface area contributed by atoms with E-state index in [-0.39, 0.29) is 5.91 Å². The van der Waals surface area contributed by atoms with Crippen molar-refractivity contribution in [2.75, 3.05) is 29.6 Å². The second-order valence-electron chi connectivity index (χ2n) is 6.32. The molecule has 2 N–H and O–H groups in total. The summed E-state index contributed by atoms with van der Waals surface area (Å²) in [4.78, 5) is 18.6. The van der Waals surface area contributed by atoms with Crippen LogP contribution in [0.5, 0.6) is 0 Å². The Hall–Kier alpha value is -3.34. The number of pyridine rings is 1. The number of rotatable bonds is 5. The number of nitrogens with zero attached hydrogens (tertiary/aromatic N) is 2. The molecule has 26 heavy (non-hydrogen) atoms. The number of hydrogen-bond acceptors (Lipinski definition) is 4. The fourth-order valence-electron chi connectivity index (χ4n) is 2.53. The van der Waals surface area contributed by atoms with Gasteiger partial charge in [-0.3, -0.25) is 4.79 Å². The molecule has 0 aliphatic carbocycles. The summed E-state index contributed by atoms with van der Waals surface area (Å²) < 4.78 is 0. The lowest BCUT2D eigenvalue weighted by Crippen LogP contribution is -2.13. The normalized spacial score (nSPS) is 10.3. The Balaban J connectivity index is 1.65. The van der Waals surface area contributed by atoms with Gasteiger partial charge in [0.2, 0.25) is 0 Å². The van der Waals surface area contributed by atoms with Gasteiger partial charge in [0.25, 0.3) is 5.91 Å². The first-order valence-corrected chi connectivity index (χ1v) is 8.40. The molecule has 132 valence electrons. The third kappa shape index (κ3) is 4.39. The highest BCUT2D eigenvalue weighted by Crippen LogP contribution is 2.20. The quantitative estimate of drug-likeness (QED) is 0.716. The SMILES string of the molecule is Cc1cccc(NC(=O)c2ccc(Nc3ccc(N(C)C)cc3)cn2)c1. The van der Waals surface area contributed by atoms with E-state index < -0.39 is 0 Å². The van der Waals surface area contributed by atoms with Crippen LogP contribution in [-0.2, 0) is 0 Å². The number of aromatic nitrogens is 1. The van der Waals surface area contributed by atoms with Crippen LogP contribution in [0.15, 0.2) is 66.9 Å². The third-order valence-corrected chi connectivity index (χ3v) is 3.94. The maximum atomic E-state index is 12.3. The van der Waals surface area contributed by atoms with Crippen molar-refractivity contribution in [1.82, 2.24) is 4.98 Å². The predicted octanol–water partition coefficient (Wildman–Crippen LogP) is 4.45. The first-order chi connectivity index (χ1) is 12.5. The van der Waals surface area contributed by atoms with Gasteiger partial charge in [0, 0.05) is 31.2 Å². The minimum atomic E-state index is -0.225. The van der Waals surface area contributed by atoms with Crippen molar-refractivity contribution in [2.45, 2.75) is 6.92 Å². The summed E-state index contributed by atoms with van der Waals surface area (Å²) in [5.74, 6) is -0.225. The Labute approximate surface area is 153 Å². The Morgan fingerprint density at radius 3 is 2.27 bits per heavy atom. The summed E-state index contributed by atoms with van der Waals surface area (Å²) in [6.45, 7) is 1.99. The topological polar surface area (TPSA) is 57.3 Å². The molecule has 1 aromatic heterocycles. The molecule has 3 aromatic rings. The summed E-state index contributed by atoms with van der Waals surface area (Å²) in [5.41, 5.74) is 5.16. The highest BCUT2D eigenvalue weighted by Gasteiger charge is 2.08. The molecule has 1 heterocycles. The molecule has 0 fully saturated rings. The van der Waals surface area contributed by atoms with Crippen molar-refractivity contribution in [2.24, 2.45) is 0 Å². The predicted molar refractivity (Wildman–Crippen MR) is 107 cm³/mol. The second-order valence-corrected chi connectivity index (χ2v) is 6.32. The molecule has 0 bridgehead atoms. The molecule has 1 amide bonds. The summed E-state index contributed by atoms with van der Waals surface area (Å²) in [7, 11) is 4.01. The van der Waals surface area contributed by atoms with Gasteiger partial charge < -0.3 is 15.5 Å². The number of nitrogens with one attached hydrogen (secondary N) is 2. The van der Waals surface area contributed by atoms with Crippen molar-refractivity contribution in [3.63, 3.8) is 0 Å². The molecular weight excluding hydrogens is 324 g/mol. The van der Waals surface area contributed by atoms with Gasteiger partial charge in [-0.2, -0.15) is 0 Å². The number of hydrogen-bond donors (Lipinski definition) is 2. The molecule has 0 saturated heterocycles. The fourth-order valence-corrected chi connectivity index (χ4v) is 2.53. The highest BCUT2D eigenvalue weighted by molar-refractivity contribution is 6.03. The molecule has 3 rings (SSSR count). The van der Waals surface area contributed by atoms with E-state index >= 15 is 0 Å². The van der Waals surface area contributed by atoms with Crippen molar-refractivity contribution >= 4 is 28.7 Å². The van der Waals surface area contributed by atoms with Gasteiger partial charge in [-0.05, 0) is 61.0 Å². The van der Waals surface area contributed by atoms with E-state index in [1.807, 2.05) is 80.5 Å². The molecule has 5 heteroatoms. The van der Waals surface area contributed by atoms with Crippen molar-refractivity contribution in [1.29, 1.82) is 0 Å². The number of carbonyl (C=O) groups is 1. The standard InChI is InChI=1S/C21H22N4O/c1-15-5-4-6-17(13-15)24-21(26)20-12-9-18(14-22-20)23-16-7-10-19(11-8-16)25(2)3/h4-14,23H,1-3H3,(H,24,26). The van der Waals surface area contributed by atoms with Crippen LogP contribution in [0.25, 0.3) is 0 Å². The number of anilines is 4. The highest BCUT2D eigenvalue weighted by atomic mass is 16.1. The molecule has 0 saturated carbocycles. The van der Waals surface area contributed by atoms with Crippen molar-refractivity contribution in [3.8, 4) is 0 Å². The summed E-state index contributed by atoms with van der Waals surface area (Å²) in [6.07, 6.45) is 1.66. The molecule has 0 spiro atoms. The number of amides is 1. The lowest BCUT2D eigenvalue weighted by atomic mass is 10.2. The van der Waals surface area contributed by atoms with E-state index in [0.29, 0.717) is 5.69 Å². The van der Waals surface area contributed by atoms with E-state index in [1.165, 1.54) is 0 Å². The van der Waals surface area contributed by atoms with Crippen LogP contribution < -0.4 is 15.5 Å². The van der Waals surface area contributed by atoms with Crippen molar-refractivity contribution < 1.29 is 4.79 Å². The van der Waals surface area contributed by atoms with E-state index in [2.05, 4.69) is 15.6 Å². The minimum absolute atomic E-state index is 0.225. The van der Waals surface area contributed by atoms with Gasteiger partial charge in [-0.1, -0.05) is 12.1 Å². The Kier molecular flexibility index (Phi) is 5.17. The van der Waals surface area contributed by atoms with E-state index in [0.717, 1.165) is 28.3 Å². The molecule has 0 radical (unpaired) electrons. The number of benzene rings is 2. The van der Waals surface area contributed by atoms with Crippen LogP contribution in [-0.4, -0.2) is 25.0 Å². The van der Waals surface area contributed by atoms with Gasteiger partial charge >= 0.3 is 0 Å². The monoisotopic (exact) mass is 346 g/mol. The van der Waals surface area contributed by atoms with Crippen LogP contribution in [0, 0.1) is 6.92 Å². The lowest BCUT2D eigenvalue weighted by molar-refractivity contribution is 0.102. The molecule has 5 nitrogen and oxygen atoms in total. The molecule has 2 aromatic carbocycles. The van der Waals surface area contributed by atoms with E-state index in [1.54, 1.807) is 12.3 Å². The van der Waals surface area contributed by atoms with Gasteiger partial charge in [0.05, 0.1) is 11.9 Å². The average Bonchev–Trinajstić information content (AvgIpc) is 2.63. The average molecular weight is 346 g/mol. The van der Waals surface area contributed by atoms with E-state index in [9.17, 15) is 4.79 Å². The first-order valence-electron chi connectivity index (χ1n) is 8.40. The molecule has 0 aliphatic rings. The first kappa shape index (κ1) is 17.5. The zero-order chi connectivity index (χ0) is 18.5. The maximum absolute atomic E-state index is 12.3. The van der Waals surface area contributed by atoms with Gasteiger partial charge in [0.15, 0.2) is 0 Å². The molecule has 0 unspecified atom stereocenters. The summed E-state index contributed by atoms with van der Waals surface area (Å²) >= 11 is 0. The molecule has 0 aliphatic heterocycles. The number of aryl methyl sites for hydroxylation is 1. The van der Waals surface area contributed by atoms with Crippen LogP contribution >= 0.6 is 0 Å².